The molecule has 0 radical (unpaired) electrons. The Morgan fingerprint density at radius 2 is 2.14 bits per heavy atom. The fourth-order valence-corrected chi connectivity index (χ4v) is 2.69. The molecule has 3 rings (SSSR count). The highest BCUT2D eigenvalue weighted by molar-refractivity contribution is 5.59. The average Bonchev–Trinajstić information content (AvgIpc) is 2.50. The lowest BCUT2D eigenvalue weighted by Crippen LogP contribution is -2.34. The van der Waals surface area contributed by atoms with Crippen molar-refractivity contribution in [2.24, 2.45) is 5.92 Å². The third kappa shape index (κ3) is 3.29. The van der Waals surface area contributed by atoms with E-state index in [1.165, 1.54) is 25.2 Å². The van der Waals surface area contributed by atoms with Gasteiger partial charge >= 0.3 is 0 Å². The van der Waals surface area contributed by atoms with Gasteiger partial charge in [0.15, 0.2) is 0 Å². The van der Waals surface area contributed by atoms with Crippen LogP contribution in [0.2, 0.25) is 0 Å². The smallest absolute Gasteiger partial charge is 0.146 e. The molecule has 0 aliphatic carbocycles. The number of hydrogen-bond acceptors (Lipinski definition) is 4. The van der Waals surface area contributed by atoms with Crippen molar-refractivity contribution in [2.45, 2.75) is 19.8 Å². The van der Waals surface area contributed by atoms with Gasteiger partial charge in [-0.15, -0.1) is 0 Å². The predicted octanol–water partition coefficient (Wildman–Crippen LogP) is 3.60. The molecule has 1 unspecified atom stereocenters. The summed E-state index contributed by atoms with van der Waals surface area (Å²) < 4.78 is 13.7. The van der Waals surface area contributed by atoms with Gasteiger partial charge in [0.1, 0.15) is 23.8 Å². The molecule has 1 aromatic heterocycles. The normalized spacial score (nSPS) is 18.6. The van der Waals surface area contributed by atoms with E-state index in [1.54, 1.807) is 18.2 Å². The summed E-state index contributed by atoms with van der Waals surface area (Å²) in [5.41, 5.74) is 0.425. The van der Waals surface area contributed by atoms with Gasteiger partial charge in [0.05, 0.1) is 5.69 Å². The second-order valence-electron chi connectivity index (χ2n) is 5.56. The van der Waals surface area contributed by atoms with E-state index >= 15 is 0 Å². The predicted molar refractivity (Wildman–Crippen MR) is 82.3 cm³/mol. The van der Waals surface area contributed by atoms with Crippen molar-refractivity contribution in [1.29, 1.82) is 0 Å². The van der Waals surface area contributed by atoms with Crippen LogP contribution in [0.3, 0.4) is 0 Å². The monoisotopic (exact) mass is 286 g/mol. The van der Waals surface area contributed by atoms with Gasteiger partial charge in [-0.2, -0.15) is 0 Å². The van der Waals surface area contributed by atoms with E-state index in [0.29, 0.717) is 17.4 Å². The summed E-state index contributed by atoms with van der Waals surface area (Å²) in [5.74, 6) is 1.90. The summed E-state index contributed by atoms with van der Waals surface area (Å²) in [6.45, 7) is 4.28. The fraction of sp³-hybridized carbons (Fsp3) is 0.375. The van der Waals surface area contributed by atoms with Gasteiger partial charge in [-0.05, 0) is 30.9 Å². The van der Waals surface area contributed by atoms with Crippen LogP contribution in [-0.4, -0.2) is 23.1 Å². The van der Waals surface area contributed by atoms with E-state index in [1.807, 2.05) is 6.07 Å². The zero-order valence-electron chi connectivity index (χ0n) is 12.1. The second-order valence-corrected chi connectivity index (χ2v) is 5.56. The average molecular weight is 286 g/mol. The molecule has 1 aliphatic rings. The number of hydrogen-bond donors (Lipinski definition) is 1. The standard InChI is InChI=1S/C16H19FN4/c1-12-5-4-8-21(10-12)16-9-15(18-11-19-16)20-14-7-3-2-6-13(14)17/h2-3,6-7,9,11-12H,4-5,8,10H2,1H3,(H,18,19,20). The van der Waals surface area contributed by atoms with Crippen LogP contribution < -0.4 is 10.2 Å². The van der Waals surface area contributed by atoms with Crippen LogP contribution in [0.1, 0.15) is 19.8 Å². The molecule has 0 spiro atoms. The third-order valence-electron chi connectivity index (χ3n) is 3.77. The minimum atomic E-state index is -0.288. The van der Waals surface area contributed by atoms with E-state index in [4.69, 9.17) is 0 Å². The molecule has 21 heavy (non-hydrogen) atoms. The Balaban J connectivity index is 1.78. The van der Waals surface area contributed by atoms with Crippen molar-refractivity contribution in [3.63, 3.8) is 0 Å². The molecule has 1 aliphatic heterocycles. The summed E-state index contributed by atoms with van der Waals surface area (Å²) in [7, 11) is 0. The highest BCUT2D eigenvalue weighted by Crippen LogP contribution is 2.24. The maximum atomic E-state index is 13.7. The summed E-state index contributed by atoms with van der Waals surface area (Å²) in [6, 6.07) is 8.46. The summed E-state index contributed by atoms with van der Waals surface area (Å²) in [5, 5.41) is 3.01. The van der Waals surface area contributed by atoms with Crippen molar-refractivity contribution < 1.29 is 4.39 Å². The zero-order valence-corrected chi connectivity index (χ0v) is 12.1. The van der Waals surface area contributed by atoms with Crippen LogP contribution in [0, 0.1) is 11.7 Å². The number of piperidine rings is 1. The van der Waals surface area contributed by atoms with Crippen LogP contribution >= 0.6 is 0 Å². The Morgan fingerprint density at radius 1 is 1.29 bits per heavy atom. The maximum absolute atomic E-state index is 13.7. The van der Waals surface area contributed by atoms with E-state index in [-0.39, 0.29) is 5.82 Å². The number of nitrogens with one attached hydrogen (secondary N) is 1. The molecule has 0 bridgehead atoms. The highest BCUT2D eigenvalue weighted by atomic mass is 19.1. The number of anilines is 3. The van der Waals surface area contributed by atoms with Crippen LogP contribution in [0.4, 0.5) is 21.7 Å². The highest BCUT2D eigenvalue weighted by Gasteiger charge is 2.18. The largest absolute Gasteiger partial charge is 0.356 e. The van der Waals surface area contributed by atoms with Gasteiger partial charge in [0.25, 0.3) is 0 Å². The molecule has 0 saturated carbocycles. The molecular formula is C16H19FN4. The molecule has 110 valence electrons. The van der Waals surface area contributed by atoms with Crippen molar-refractivity contribution in [2.75, 3.05) is 23.3 Å². The van der Waals surface area contributed by atoms with E-state index < -0.39 is 0 Å². The van der Waals surface area contributed by atoms with Crippen LogP contribution in [0.15, 0.2) is 36.7 Å². The van der Waals surface area contributed by atoms with E-state index in [0.717, 1.165) is 18.9 Å². The third-order valence-corrected chi connectivity index (χ3v) is 3.77. The molecule has 1 atom stereocenters. The summed E-state index contributed by atoms with van der Waals surface area (Å²) in [6.07, 6.45) is 3.97. The number of benzene rings is 1. The number of nitrogens with zero attached hydrogens (tertiary/aromatic N) is 3. The minimum absolute atomic E-state index is 0.288. The molecule has 2 aromatic rings. The Labute approximate surface area is 124 Å². The van der Waals surface area contributed by atoms with Gasteiger partial charge in [-0.3, -0.25) is 0 Å². The van der Waals surface area contributed by atoms with Gasteiger partial charge in [-0.25, -0.2) is 14.4 Å². The number of para-hydroxylation sites is 1. The SMILES string of the molecule is CC1CCCN(c2cc(Nc3ccccc3F)ncn2)C1. The molecule has 0 amide bonds. The Bertz CT molecular complexity index is 617. The van der Waals surface area contributed by atoms with Crippen LogP contribution in [0.25, 0.3) is 0 Å². The number of aromatic nitrogens is 2. The van der Waals surface area contributed by atoms with E-state index in [9.17, 15) is 4.39 Å². The first kappa shape index (κ1) is 13.8. The molecule has 1 N–H and O–H groups in total. The van der Waals surface area contributed by atoms with Crippen LogP contribution in [0.5, 0.6) is 0 Å². The maximum Gasteiger partial charge on any atom is 0.146 e. The Hall–Kier alpha value is -2.17. The zero-order chi connectivity index (χ0) is 14.7. The van der Waals surface area contributed by atoms with Gasteiger partial charge in [0, 0.05) is 19.2 Å². The van der Waals surface area contributed by atoms with Gasteiger partial charge < -0.3 is 10.2 Å². The van der Waals surface area contributed by atoms with Crippen molar-refractivity contribution in [3.05, 3.63) is 42.5 Å². The lowest BCUT2D eigenvalue weighted by Gasteiger charge is -2.31. The Morgan fingerprint density at radius 3 is 2.95 bits per heavy atom. The van der Waals surface area contributed by atoms with E-state index in [2.05, 4.69) is 27.1 Å². The molecule has 5 heteroatoms. The van der Waals surface area contributed by atoms with Crippen molar-refractivity contribution in [1.82, 2.24) is 9.97 Å². The molecule has 1 fully saturated rings. The molecule has 4 nitrogen and oxygen atoms in total. The first-order valence-corrected chi connectivity index (χ1v) is 7.31. The van der Waals surface area contributed by atoms with Crippen molar-refractivity contribution >= 4 is 17.3 Å². The second kappa shape index (κ2) is 6.08. The lowest BCUT2D eigenvalue weighted by atomic mass is 10.0. The summed E-state index contributed by atoms with van der Waals surface area (Å²) in [4.78, 5) is 10.8. The Kier molecular flexibility index (Phi) is 3.99. The first-order chi connectivity index (χ1) is 10.2. The van der Waals surface area contributed by atoms with Crippen molar-refractivity contribution in [3.8, 4) is 0 Å². The molecule has 1 aromatic carbocycles. The number of rotatable bonds is 3. The molecular weight excluding hydrogens is 267 g/mol. The minimum Gasteiger partial charge on any atom is -0.356 e. The number of halogens is 1. The first-order valence-electron chi connectivity index (χ1n) is 7.31. The van der Waals surface area contributed by atoms with Gasteiger partial charge in [-0.1, -0.05) is 19.1 Å². The topological polar surface area (TPSA) is 41.0 Å². The molecule has 2 heterocycles. The quantitative estimate of drug-likeness (QED) is 0.936. The lowest BCUT2D eigenvalue weighted by molar-refractivity contribution is 0.444. The fourth-order valence-electron chi connectivity index (χ4n) is 2.69. The van der Waals surface area contributed by atoms with Gasteiger partial charge in [0.2, 0.25) is 0 Å². The molecule has 1 saturated heterocycles. The summed E-state index contributed by atoms with van der Waals surface area (Å²) >= 11 is 0. The van der Waals surface area contributed by atoms with Crippen LogP contribution in [-0.2, 0) is 0 Å².